The molecule has 0 bridgehead atoms. The number of fused-ring (bicyclic) bond motifs is 1. The molecule has 1 atom stereocenters. The van der Waals surface area contributed by atoms with Crippen LogP contribution in [-0.2, 0) is 0 Å². The highest BCUT2D eigenvalue weighted by Crippen LogP contribution is 2.36. The number of nitrogens with one attached hydrogen (secondary N) is 2. The van der Waals surface area contributed by atoms with E-state index in [4.69, 9.17) is 35.4 Å². The van der Waals surface area contributed by atoms with Crippen molar-refractivity contribution in [2.24, 2.45) is 0 Å². The van der Waals surface area contributed by atoms with Gasteiger partial charge in [-0.1, -0.05) is 49.2 Å². The van der Waals surface area contributed by atoms with Gasteiger partial charge in [-0.15, -0.1) is 11.3 Å². The Labute approximate surface area is 182 Å². The number of amides is 1. The van der Waals surface area contributed by atoms with Crippen LogP contribution in [0.25, 0.3) is 10.1 Å². The van der Waals surface area contributed by atoms with E-state index >= 15 is 0 Å². The lowest BCUT2D eigenvalue weighted by Gasteiger charge is -2.14. The standard InChI is InChI=1S/C20H18Cl2N2O2S2/c1-3-10(2)11-4-7-15(25)14(8-11)23-20(27)24-19(26)18-17(22)13-6-5-12(21)9-16(13)28-18/h4-10,25H,3H2,1-2H3,(H2,23,24,26,27)/t10-/m0/s1. The fourth-order valence-corrected chi connectivity index (χ4v) is 4.59. The Morgan fingerprint density at radius 2 is 2.00 bits per heavy atom. The predicted octanol–water partition coefficient (Wildman–Crippen LogP) is 6.55. The van der Waals surface area contributed by atoms with Gasteiger partial charge < -0.3 is 10.4 Å². The maximum Gasteiger partial charge on any atom is 0.269 e. The van der Waals surface area contributed by atoms with E-state index in [2.05, 4.69) is 24.5 Å². The number of aromatic hydroxyl groups is 1. The fraction of sp³-hybridized carbons (Fsp3) is 0.200. The maximum atomic E-state index is 12.6. The number of thiocarbonyl (C=S) groups is 1. The fourth-order valence-electron chi connectivity index (χ4n) is 2.69. The van der Waals surface area contributed by atoms with E-state index in [0.29, 0.717) is 26.5 Å². The molecule has 3 N–H and O–H groups in total. The number of carbonyl (C=O) groups excluding carboxylic acids is 1. The largest absolute Gasteiger partial charge is 0.506 e. The average molecular weight is 453 g/mol. The van der Waals surface area contributed by atoms with Crippen LogP contribution in [0.5, 0.6) is 5.75 Å². The number of benzene rings is 2. The molecule has 3 aromatic rings. The third-order valence-electron chi connectivity index (χ3n) is 4.48. The van der Waals surface area contributed by atoms with Crippen molar-refractivity contribution in [3.63, 3.8) is 0 Å². The molecule has 3 rings (SSSR count). The monoisotopic (exact) mass is 452 g/mol. The predicted molar refractivity (Wildman–Crippen MR) is 122 cm³/mol. The number of thiophene rings is 1. The summed E-state index contributed by atoms with van der Waals surface area (Å²) in [5.74, 6) is -0.0240. The molecule has 0 spiro atoms. The molecule has 8 heteroatoms. The lowest BCUT2D eigenvalue weighted by molar-refractivity contribution is 0.0982. The van der Waals surface area contributed by atoms with Crippen molar-refractivity contribution in [2.45, 2.75) is 26.2 Å². The first-order valence-corrected chi connectivity index (χ1v) is 10.6. The molecular formula is C20H18Cl2N2O2S2. The molecule has 28 heavy (non-hydrogen) atoms. The maximum absolute atomic E-state index is 12.6. The van der Waals surface area contributed by atoms with Crippen molar-refractivity contribution in [1.82, 2.24) is 5.32 Å². The summed E-state index contributed by atoms with van der Waals surface area (Å²) >= 11 is 18.8. The van der Waals surface area contributed by atoms with Crippen LogP contribution in [0.1, 0.15) is 41.4 Å². The SMILES string of the molecule is CC[C@H](C)c1ccc(O)c(NC(=S)NC(=O)c2sc3cc(Cl)ccc3c2Cl)c1. The molecular weight excluding hydrogens is 435 g/mol. The van der Waals surface area contributed by atoms with E-state index in [1.165, 1.54) is 11.3 Å². The van der Waals surface area contributed by atoms with Crippen LogP contribution in [0.15, 0.2) is 36.4 Å². The minimum atomic E-state index is -0.419. The van der Waals surface area contributed by atoms with Gasteiger partial charge in [0.2, 0.25) is 0 Å². The Balaban J connectivity index is 1.77. The topological polar surface area (TPSA) is 61.4 Å². The van der Waals surface area contributed by atoms with Crippen LogP contribution in [0.3, 0.4) is 0 Å². The number of halogens is 2. The van der Waals surface area contributed by atoms with Gasteiger partial charge in [0, 0.05) is 15.1 Å². The van der Waals surface area contributed by atoms with Gasteiger partial charge in [-0.3, -0.25) is 10.1 Å². The van der Waals surface area contributed by atoms with Gasteiger partial charge in [0.05, 0.1) is 10.7 Å². The number of hydrogen-bond donors (Lipinski definition) is 3. The Bertz CT molecular complexity index is 1070. The quantitative estimate of drug-likeness (QED) is 0.310. The van der Waals surface area contributed by atoms with Gasteiger partial charge in [0.1, 0.15) is 10.6 Å². The van der Waals surface area contributed by atoms with Crippen LogP contribution < -0.4 is 10.6 Å². The van der Waals surface area contributed by atoms with Crippen molar-refractivity contribution >= 4 is 73.5 Å². The average Bonchev–Trinajstić information content (AvgIpc) is 2.98. The van der Waals surface area contributed by atoms with Gasteiger partial charge >= 0.3 is 0 Å². The molecule has 0 saturated carbocycles. The number of phenolic OH excluding ortho intramolecular Hbond substituents is 1. The molecule has 4 nitrogen and oxygen atoms in total. The van der Waals surface area contributed by atoms with Gasteiger partial charge in [-0.2, -0.15) is 0 Å². The Kier molecular flexibility index (Phi) is 6.45. The number of phenols is 1. The summed E-state index contributed by atoms with van der Waals surface area (Å²) in [5, 5.41) is 17.4. The Morgan fingerprint density at radius 1 is 1.25 bits per heavy atom. The zero-order valence-corrected chi connectivity index (χ0v) is 18.3. The molecule has 1 heterocycles. The molecule has 0 radical (unpaired) electrons. The molecule has 1 amide bonds. The summed E-state index contributed by atoms with van der Waals surface area (Å²) in [5.41, 5.74) is 1.51. The van der Waals surface area contributed by atoms with E-state index < -0.39 is 5.91 Å². The smallest absolute Gasteiger partial charge is 0.269 e. The number of carbonyl (C=O) groups is 1. The normalized spacial score (nSPS) is 12.0. The van der Waals surface area contributed by atoms with E-state index in [-0.39, 0.29) is 10.9 Å². The summed E-state index contributed by atoms with van der Waals surface area (Å²) in [4.78, 5) is 13.0. The highest BCUT2D eigenvalue weighted by Gasteiger charge is 2.19. The molecule has 146 valence electrons. The van der Waals surface area contributed by atoms with Crippen LogP contribution in [-0.4, -0.2) is 16.1 Å². The molecule has 0 aliphatic rings. The zero-order chi connectivity index (χ0) is 20.4. The van der Waals surface area contributed by atoms with E-state index in [1.54, 1.807) is 24.3 Å². The molecule has 1 aromatic heterocycles. The Hall–Kier alpha value is -1.86. The number of hydrogen-bond acceptors (Lipinski definition) is 4. The van der Waals surface area contributed by atoms with E-state index in [9.17, 15) is 9.90 Å². The van der Waals surface area contributed by atoms with Crippen LogP contribution in [0, 0.1) is 0 Å². The van der Waals surface area contributed by atoms with Gasteiger partial charge in [-0.05, 0) is 54.4 Å². The summed E-state index contributed by atoms with van der Waals surface area (Å²) in [6.45, 7) is 4.20. The van der Waals surface area contributed by atoms with E-state index in [1.807, 2.05) is 12.1 Å². The second kappa shape index (κ2) is 8.66. The second-order valence-corrected chi connectivity index (χ2v) is 8.65. The minimum absolute atomic E-state index is 0.0539. The highest BCUT2D eigenvalue weighted by molar-refractivity contribution is 7.80. The first kappa shape index (κ1) is 20.9. The summed E-state index contributed by atoms with van der Waals surface area (Å²) < 4.78 is 0.820. The molecule has 0 unspecified atom stereocenters. The van der Waals surface area contributed by atoms with Crippen LogP contribution in [0.4, 0.5) is 5.69 Å². The van der Waals surface area contributed by atoms with Crippen molar-refractivity contribution in [3.8, 4) is 5.75 Å². The first-order chi connectivity index (χ1) is 13.3. The minimum Gasteiger partial charge on any atom is -0.506 e. The summed E-state index contributed by atoms with van der Waals surface area (Å²) in [7, 11) is 0. The molecule has 0 aliphatic carbocycles. The van der Waals surface area contributed by atoms with Crippen LogP contribution in [0.2, 0.25) is 10.0 Å². The molecule has 0 saturated heterocycles. The zero-order valence-electron chi connectivity index (χ0n) is 15.2. The highest BCUT2D eigenvalue weighted by atomic mass is 35.5. The first-order valence-electron chi connectivity index (χ1n) is 8.63. The van der Waals surface area contributed by atoms with Gasteiger partial charge in [0.25, 0.3) is 5.91 Å². The lowest BCUT2D eigenvalue weighted by atomic mass is 9.98. The third-order valence-corrected chi connectivity index (χ3v) is 6.57. The van der Waals surface area contributed by atoms with Gasteiger partial charge in [0.15, 0.2) is 5.11 Å². The van der Waals surface area contributed by atoms with Crippen molar-refractivity contribution < 1.29 is 9.90 Å². The summed E-state index contributed by atoms with van der Waals surface area (Å²) in [6.07, 6.45) is 0.972. The van der Waals surface area contributed by atoms with E-state index in [0.717, 1.165) is 22.1 Å². The number of anilines is 1. The van der Waals surface area contributed by atoms with Crippen molar-refractivity contribution in [3.05, 3.63) is 56.9 Å². The van der Waals surface area contributed by atoms with Gasteiger partial charge in [-0.25, -0.2) is 0 Å². The second-order valence-electron chi connectivity index (χ2n) is 6.38. The van der Waals surface area contributed by atoms with Crippen molar-refractivity contribution in [1.29, 1.82) is 0 Å². The van der Waals surface area contributed by atoms with Crippen molar-refractivity contribution in [2.75, 3.05) is 5.32 Å². The molecule has 0 fully saturated rings. The lowest BCUT2D eigenvalue weighted by Crippen LogP contribution is -2.33. The number of rotatable bonds is 4. The summed E-state index contributed by atoms with van der Waals surface area (Å²) in [6, 6.07) is 10.6. The molecule has 0 aliphatic heterocycles. The Morgan fingerprint density at radius 3 is 2.71 bits per heavy atom. The van der Waals surface area contributed by atoms with Crippen LogP contribution >= 0.6 is 46.8 Å². The molecule has 2 aromatic carbocycles. The third kappa shape index (κ3) is 4.41.